The molecule has 1 N–H and O–H groups in total. The molecule has 0 aromatic heterocycles. The molecule has 8 nitrogen and oxygen atoms in total. The van der Waals surface area contributed by atoms with Crippen molar-refractivity contribution in [3.63, 3.8) is 0 Å². The fraction of sp³-hybridized carbons (Fsp3) is 0.263. The van der Waals surface area contributed by atoms with Crippen molar-refractivity contribution in [1.82, 2.24) is 4.90 Å². The van der Waals surface area contributed by atoms with Gasteiger partial charge in [0, 0.05) is 36.5 Å². The number of benzene rings is 2. The second kappa shape index (κ2) is 9.33. The van der Waals surface area contributed by atoms with Crippen LogP contribution in [0.3, 0.4) is 0 Å². The van der Waals surface area contributed by atoms with Gasteiger partial charge in [-0.2, -0.15) is 0 Å². The lowest BCUT2D eigenvalue weighted by Gasteiger charge is -2.19. The van der Waals surface area contributed by atoms with Crippen molar-refractivity contribution in [2.75, 3.05) is 25.0 Å². The van der Waals surface area contributed by atoms with Crippen LogP contribution in [-0.2, 0) is 4.79 Å². The maximum Gasteiger partial charge on any atom is 0.269 e. The van der Waals surface area contributed by atoms with Crippen molar-refractivity contribution in [3.05, 3.63) is 64.2 Å². The summed E-state index contributed by atoms with van der Waals surface area (Å²) in [6.07, 6.45) is 0. The SMILES string of the molecule is CCN(CC)C(=O)c1cccc(NC(=O)COc2ccc([N+](=O)[O-])cc2)c1. The number of hydrogen-bond donors (Lipinski definition) is 1. The number of hydrogen-bond acceptors (Lipinski definition) is 5. The summed E-state index contributed by atoms with van der Waals surface area (Å²) in [7, 11) is 0. The van der Waals surface area contributed by atoms with E-state index in [0.717, 1.165) is 0 Å². The molecule has 27 heavy (non-hydrogen) atoms. The van der Waals surface area contributed by atoms with Gasteiger partial charge in [0.25, 0.3) is 17.5 Å². The molecule has 0 aliphatic rings. The Balaban J connectivity index is 1.94. The lowest BCUT2D eigenvalue weighted by atomic mass is 10.1. The number of nitrogens with zero attached hydrogens (tertiary/aromatic N) is 2. The van der Waals surface area contributed by atoms with Gasteiger partial charge < -0.3 is 15.0 Å². The predicted octanol–water partition coefficient (Wildman–Crippen LogP) is 3.09. The molecule has 0 aliphatic carbocycles. The average Bonchev–Trinajstić information content (AvgIpc) is 2.67. The van der Waals surface area contributed by atoms with Crippen molar-refractivity contribution in [3.8, 4) is 5.75 Å². The molecule has 2 amide bonds. The van der Waals surface area contributed by atoms with Gasteiger partial charge in [-0.25, -0.2) is 0 Å². The quantitative estimate of drug-likeness (QED) is 0.567. The Kier molecular flexibility index (Phi) is 6.87. The number of nitro groups is 1. The standard InChI is InChI=1S/C19H21N3O5/c1-3-21(4-2)19(24)14-6-5-7-15(12-14)20-18(23)13-27-17-10-8-16(9-11-17)22(25)26/h5-12H,3-4,13H2,1-2H3,(H,20,23). The first kappa shape index (κ1) is 19.9. The van der Waals surface area contributed by atoms with Crippen LogP contribution in [0.15, 0.2) is 48.5 Å². The summed E-state index contributed by atoms with van der Waals surface area (Å²) in [5, 5.41) is 13.3. The minimum Gasteiger partial charge on any atom is -0.484 e. The first-order chi connectivity index (χ1) is 12.9. The molecule has 2 rings (SSSR count). The van der Waals surface area contributed by atoms with Crippen molar-refractivity contribution in [2.45, 2.75) is 13.8 Å². The summed E-state index contributed by atoms with van der Waals surface area (Å²) in [6, 6.07) is 12.1. The third-order valence-electron chi connectivity index (χ3n) is 3.86. The summed E-state index contributed by atoms with van der Waals surface area (Å²) < 4.78 is 5.32. The minimum atomic E-state index is -0.511. The van der Waals surface area contributed by atoms with E-state index in [1.54, 1.807) is 29.2 Å². The number of ether oxygens (including phenoxy) is 1. The molecule has 8 heteroatoms. The van der Waals surface area contributed by atoms with E-state index in [4.69, 9.17) is 4.74 Å². The Morgan fingerprint density at radius 1 is 1.11 bits per heavy atom. The van der Waals surface area contributed by atoms with Crippen LogP contribution in [0.1, 0.15) is 24.2 Å². The number of nitro benzene ring substituents is 1. The topological polar surface area (TPSA) is 102 Å². The predicted molar refractivity (Wildman–Crippen MR) is 101 cm³/mol. The van der Waals surface area contributed by atoms with Crippen LogP contribution >= 0.6 is 0 Å². The monoisotopic (exact) mass is 371 g/mol. The molecule has 0 spiro atoms. The van der Waals surface area contributed by atoms with Gasteiger partial charge in [0.15, 0.2) is 6.61 Å². The highest BCUT2D eigenvalue weighted by molar-refractivity contribution is 5.97. The first-order valence-corrected chi connectivity index (χ1v) is 8.51. The number of nitrogens with one attached hydrogen (secondary N) is 1. The zero-order chi connectivity index (χ0) is 19.8. The van der Waals surface area contributed by atoms with Gasteiger partial charge in [-0.3, -0.25) is 19.7 Å². The first-order valence-electron chi connectivity index (χ1n) is 8.51. The van der Waals surface area contributed by atoms with E-state index in [9.17, 15) is 19.7 Å². The Bertz CT molecular complexity index is 816. The lowest BCUT2D eigenvalue weighted by molar-refractivity contribution is -0.384. The molecule has 0 saturated carbocycles. The molecule has 0 heterocycles. The molecule has 0 fully saturated rings. The van der Waals surface area contributed by atoms with E-state index in [-0.39, 0.29) is 18.2 Å². The smallest absolute Gasteiger partial charge is 0.269 e. The second-order valence-corrected chi connectivity index (χ2v) is 5.65. The van der Waals surface area contributed by atoms with Crippen LogP contribution in [-0.4, -0.2) is 41.3 Å². The minimum absolute atomic E-state index is 0.0542. The van der Waals surface area contributed by atoms with Crippen LogP contribution in [0.4, 0.5) is 11.4 Å². The number of anilines is 1. The molecule has 0 saturated heterocycles. The van der Waals surface area contributed by atoms with Gasteiger partial charge in [0.1, 0.15) is 5.75 Å². The zero-order valence-corrected chi connectivity index (χ0v) is 15.2. The molecule has 0 aliphatic heterocycles. The van der Waals surface area contributed by atoms with Gasteiger partial charge in [-0.15, -0.1) is 0 Å². The molecule has 2 aromatic carbocycles. The Hall–Kier alpha value is -3.42. The van der Waals surface area contributed by atoms with Crippen LogP contribution < -0.4 is 10.1 Å². The summed E-state index contributed by atoms with van der Waals surface area (Å²) in [4.78, 5) is 36.2. The number of carbonyl (C=O) groups is 2. The summed E-state index contributed by atoms with van der Waals surface area (Å²) in [5.74, 6) is -0.153. The van der Waals surface area contributed by atoms with E-state index in [1.807, 2.05) is 13.8 Å². The normalized spacial score (nSPS) is 10.1. The van der Waals surface area contributed by atoms with Gasteiger partial charge in [0.05, 0.1) is 4.92 Å². The molecule has 0 unspecified atom stereocenters. The second-order valence-electron chi connectivity index (χ2n) is 5.65. The number of amides is 2. The summed E-state index contributed by atoms with van der Waals surface area (Å²) >= 11 is 0. The highest BCUT2D eigenvalue weighted by Crippen LogP contribution is 2.17. The Labute approximate surface area is 156 Å². The van der Waals surface area contributed by atoms with E-state index in [1.165, 1.54) is 24.3 Å². The molecule has 0 bridgehead atoms. The zero-order valence-electron chi connectivity index (χ0n) is 15.2. The molecular formula is C19H21N3O5. The van der Waals surface area contributed by atoms with E-state index < -0.39 is 10.8 Å². The third-order valence-corrected chi connectivity index (χ3v) is 3.86. The van der Waals surface area contributed by atoms with Crippen molar-refractivity contribution in [2.24, 2.45) is 0 Å². The average molecular weight is 371 g/mol. The molecule has 0 radical (unpaired) electrons. The van der Waals surface area contributed by atoms with Gasteiger partial charge >= 0.3 is 0 Å². The van der Waals surface area contributed by atoms with Gasteiger partial charge in [-0.1, -0.05) is 6.07 Å². The van der Waals surface area contributed by atoms with Crippen LogP contribution in [0.25, 0.3) is 0 Å². The highest BCUT2D eigenvalue weighted by atomic mass is 16.6. The van der Waals surface area contributed by atoms with Crippen LogP contribution in [0.5, 0.6) is 5.75 Å². The molecule has 2 aromatic rings. The molecule has 142 valence electrons. The maximum atomic E-state index is 12.4. The fourth-order valence-electron chi connectivity index (χ4n) is 2.43. The summed E-state index contributed by atoms with van der Waals surface area (Å²) in [5.41, 5.74) is 0.930. The van der Waals surface area contributed by atoms with Crippen molar-refractivity contribution in [1.29, 1.82) is 0 Å². The van der Waals surface area contributed by atoms with Gasteiger partial charge in [-0.05, 0) is 44.2 Å². The lowest BCUT2D eigenvalue weighted by Crippen LogP contribution is -2.30. The molecular weight excluding hydrogens is 350 g/mol. The van der Waals surface area contributed by atoms with Crippen LogP contribution in [0.2, 0.25) is 0 Å². The summed E-state index contributed by atoms with van der Waals surface area (Å²) in [6.45, 7) is 4.77. The Morgan fingerprint density at radius 3 is 2.37 bits per heavy atom. The fourth-order valence-corrected chi connectivity index (χ4v) is 2.43. The number of non-ortho nitro benzene ring substituents is 1. The highest BCUT2D eigenvalue weighted by Gasteiger charge is 2.13. The largest absolute Gasteiger partial charge is 0.484 e. The van der Waals surface area contributed by atoms with E-state index >= 15 is 0 Å². The Morgan fingerprint density at radius 2 is 1.78 bits per heavy atom. The maximum absolute atomic E-state index is 12.4. The van der Waals surface area contributed by atoms with Crippen LogP contribution in [0, 0.1) is 10.1 Å². The van der Waals surface area contributed by atoms with Gasteiger partial charge in [0.2, 0.25) is 0 Å². The number of carbonyl (C=O) groups excluding carboxylic acids is 2. The van der Waals surface area contributed by atoms with E-state index in [2.05, 4.69) is 5.32 Å². The third kappa shape index (κ3) is 5.53. The van der Waals surface area contributed by atoms with E-state index in [0.29, 0.717) is 30.1 Å². The van der Waals surface area contributed by atoms with Crippen molar-refractivity contribution < 1.29 is 19.2 Å². The molecule has 0 atom stereocenters. The number of rotatable bonds is 8. The van der Waals surface area contributed by atoms with Crippen molar-refractivity contribution >= 4 is 23.2 Å².